The lowest BCUT2D eigenvalue weighted by molar-refractivity contribution is 1.07. The van der Waals surface area contributed by atoms with Crippen molar-refractivity contribution in [2.24, 2.45) is 0 Å². The molecule has 0 amide bonds. The van der Waals surface area contributed by atoms with Gasteiger partial charge in [0.15, 0.2) is 17.5 Å². The Kier molecular flexibility index (Phi) is 7.56. The molecule has 7 heteroatoms. The summed E-state index contributed by atoms with van der Waals surface area (Å²) in [5.74, 6) is 1.47. The summed E-state index contributed by atoms with van der Waals surface area (Å²) in [5, 5.41) is 24.6. The number of hydrogen-bond acceptors (Lipinski definition) is 7. The van der Waals surface area contributed by atoms with E-state index in [1.807, 2.05) is 65.9 Å². The predicted octanol–water partition coefficient (Wildman–Crippen LogP) is 12.7. The van der Waals surface area contributed by atoms with Crippen LogP contribution >= 0.6 is 22.7 Å². The molecule has 0 spiro atoms. The van der Waals surface area contributed by atoms with Crippen LogP contribution < -0.4 is 0 Å². The molecule has 0 atom stereocenters. The molecule has 0 bridgehead atoms. The van der Waals surface area contributed by atoms with Gasteiger partial charge in [0.05, 0.1) is 23.3 Å². The lowest BCUT2D eigenvalue weighted by Crippen LogP contribution is -2.00. The monoisotopic (exact) mass is 723 g/mol. The molecule has 3 heterocycles. The lowest BCUT2D eigenvalue weighted by atomic mass is 9.94. The Balaban J connectivity index is 1.11. The molecule has 0 fully saturated rings. The maximum atomic E-state index is 10.2. The van der Waals surface area contributed by atoms with E-state index >= 15 is 0 Å². The summed E-state index contributed by atoms with van der Waals surface area (Å²) in [4.78, 5) is 14.6. The summed E-state index contributed by atoms with van der Waals surface area (Å²) < 4.78 is 5.00. The molecule has 0 saturated carbocycles. The van der Waals surface area contributed by atoms with Crippen molar-refractivity contribution in [2.75, 3.05) is 0 Å². The summed E-state index contributed by atoms with van der Waals surface area (Å²) in [7, 11) is 0. The van der Waals surface area contributed by atoms with E-state index < -0.39 is 0 Å². The maximum absolute atomic E-state index is 10.2. The quantitative estimate of drug-likeness (QED) is 0.176. The number of aromatic nitrogens is 3. The highest BCUT2D eigenvalue weighted by Crippen LogP contribution is 2.46. The number of hydrogen-bond donors (Lipinski definition) is 0. The first-order valence-electron chi connectivity index (χ1n) is 17.4. The second-order valence-electron chi connectivity index (χ2n) is 13.0. The van der Waals surface area contributed by atoms with Crippen molar-refractivity contribution in [1.29, 1.82) is 10.5 Å². The van der Waals surface area contributed by atoms with Crippen LogP contribution in [-0.4, -0.2) is 15.0 Å². The summed E-state index contributed by atoms with van der Waals surface area (Å²) >= 11 is 3.63. The number of benzene rings is 7. The fraction of sp³-hybridized carbons (Fsp3) is 0. The third-order valence-electron chi connectivity index (χ3n) is 9.78. The van der Waals surface area contributed by atoms with Gasteiger partial charge in [0.1, 0.15) is 0 Å². The molecule has 0 aliphatic heterocycles. The number of nitrogens with zero attached hydrogens (tertiary/aromatic N) is 5. The average Bonchev–Trinajstić information content (AvgIpc) is 3.82. The largest absolute Gasteiger partial charge is 0.208 e. The van der Waals surface area contributed by atoms with E-state index in [1.54, 1.807) is 23.5 Å². The van der Waals surface area contributed by atoms with Gasteiger partial charge < -0.3 is 0 Å². The van der Waals surface area contributed by atoms with Crippen LogP contribution in [0.5, 0.6) is 0 Å². The molecule has 0 unspecified atom stereocenters. The van der Waals surface area contributed by atoms with Crippen molar-refractivity contribution < 1.29 is 0 Å². The molecule has 3 aromatic heterocycles. The van der Waals surface area contributed by atoms with Gasteiger partial charge in [-0.15, -0.1) is 22.7 Å². The van der Waals surface area contributed by atoms with E-state index in [2.05, 4.69) is 97.1 Å². The number of nitriles is 2. The fourth-order valence-electron chi connectivity index (χ4n) is 7.26. The molecule has 10 aromatic rings. The zero-order valence-electron chi connectivity index (χ0n) is 28.5. The minimum Gasteiger partial charge on any atom is -0.208 e. The first kappa shape index (κ1) is 31.7. The minimum absolute atomic E-state index is 0.462. The first-order chi connectivity index (χ1) is 26.6. The van der Waals surface area contributed by atoms with Crippen LogP contribution in [0.3, 0.4) is 0 Å². The van der Waals surface area contributed by atoms with E-state index in [-0.39, 0.29) is 0 Å². The van der Waals surface area contributed by atoms with Gasteiger partial charge in [0, 0.05) is 57.0 Å². The first-order valence-corrected chi connectivity index (χ1v) is 19.0. The SMILES string of the molecule is N#Cc1ccc(-c2nc(-c3ccccc3)nc(-c3cc(C#N)cc(-c4ccc5c(c4)sc4cccc(-c6cccc7sc8ccccc8c67)c45)c3)n2)cc1. The smallest absolute Gasteiger partial charge is 0.164 e. The van der Waals surface area contributed by atoms with Gasteiger partial charge in [-0.1, -0.05) is 84.9 Å². The topological polar surface area (TPSA) is 86.2 Å². The molecule has 250 valence electrons. The highest BCUT2D eigenvalue weighted by Gasteiger charge is 2.18. The van der Waals surface area contributed by atoms with Crippen LogP contribution in [0.25, 0.3) is 96.8 Å². The Labute approximate surface area is 318 Å². The van der Waals surface area contributed by atoms with Crippen LogP contribution in [0.2, 0.25) is 0 Å². The average molecular weight is 724 g/mol. The van der Waals surface area contributed by atoms with Gasteiger partial charge in [-0.3, -0.25) is 0 Å². The molecule has 10 rings (SSSR count). The van der Waals surface area contributed by atoms with Crippen molar-refractivity contribution in [2.45, 2.75) is 0 Å². The highest BCUT2D eigenvalue weighted by molar-refractivity contribution is 7.26. The summed E-state index contributed by atoms with van der Waals surface area (Å²) in [6.45, 7) is 0. The van der Waals surface area contributed by atoms with Crippen molar-refractivity contribution >= 4 is 63.0 Å². The van der Waals surface area contributed by atoms with Crippen molar-refractivity contribution in [3.05, 3.63) is 163 Å². The second kappa shape index (κ2) is 12.9. The van der Waals surface area contributed by atoms with Crippen LogP contribution in [0, 0.1) is 22.7 Å². The molecule has 0 saturated heterocycles. The number of rotatable bonds is 5. The third-order valence-corrected chi connectivity index (χ3v) is 12.0. The van der Waals surface area contributed by atoms with Gasteiger partial charge in [0.2, 0.25) is 0 Å². The van der Waals surface area contributed by atoms with Gasteiger partial charge in [-0.25, -0.2) is 15.0 Å². The molecule has 54 heavy (non-hydrogen) atoms. The van der Waals surface area contributed by atoms with Crippen molar-refractivity contribution in [3.63, 3.8) is 0 Å². The van der Waals surface area contributed by atoms with Crippen LogP contribution in [0.4, 0.5) is 0 Å². The molecule has 0 aliphatic carbocycles. The fourth-order valence-corrected chi connectivity index (χ4v) is 9.56. The summed E-state index contributed by atoms with van der Waals surface area (Å²) in [6.07, 6.45) is 0. The highest BCUT2D eigenvalue weighted by atomic mass is 32.1. The van der Waals surface area contributed by atoms with E-state index in [0.29, 0.717) is 34.2 Å². The molecule has 7 aromatic carbocycles. The maximum Gasteiger partial charge on any atom is 0.164 e. The Morgan fingerprint density at radius 1 is 0.370 bits per heavy atom. The second-order valence-corrected chi connectivity index (χ2v) is 15.2. The summed E-state index contributed by atoms with van der Waals surface area (Å²) in [6, 6.07) is 55.9. The molecule has 0 radical (unpaired) electrons. The molecule has 0 N–H and O–H groups in total. The Morgan fingerprint density at radius 3 is 1.59 bits per heavy atom. The molecular weight excluding hydrogens is 699 g/mol. The number of thiophene rings is 2. The van der Waals surface area contributed by atoms with Crippen molar-refractivity contribution in [1.82, 2.24) is 15.0 Å². The van der Waals surface area contributed by atoms with E-state index in [1.165, 1.54) is 51.5 Å². The molecule has 0 aliphatic rings. The van der Waals surface area contributed by atoms with Gasteiger partial charge in [-0.2, -0.15) is 10.5 Å². The normalized spacial score (nSPS) is 11.3. The van der Waals surface area contributed by atoms with Crippen LogP contribution in [0.1, 0.15) is 11.1 Å². The van der Waals surface area contributed by atoms with Gasteiger partial charge in [-0.05, 0) is 89.0 Å². The zero-order valence-corrected chi connectivity index (χ0v) is 30.1. The molecular formula is C47H25N5S2. The standard InChI is InChI=1S/C47H25N5S2/c48-26-28-16-18-31(19-17-28)46-50-45(30-8-2-1-3-9-30)51-47(52-46)34-23-29(27-49)22-33(24-34)32-20-21-38-42(25-32)54-41-15-7-12-36(44(38)41)35-11-6-14-40-43(35)37-10-4-5-13-39(37)53-40/h1-25H. The van der Waals surface area contributed by atoms with Gasteiger partial charge >= 0.3 is 0 Å². The van der Waals surface area contributed by atoms with Gasteiger partial charge in [0.25, 0.3) is 0 Å². The Hall–Kier alpha value is -7.03. The number of fused-ring (bicyclic) bond motifs is 6. The van der Waals surface area contributed by atoms with Crippen molar-refractivity contribution in [3.8, 4) is 68.6 Å². The zero-order chi connectivity index (χ0) is 36.2. The lowest BCUT2D eigenvalue weighted by Gasteiger charge is -2.11. The van der Waals surface area contributed by atoms with Crippen LogP contribution in [0.15, 0.2) is 152 Å². The molecule has 5 nitrogen and oxygen atoms in total. The minimum atomic E-state index is 0.462. The Morgan fingerprint density at radius 2 is 0.907 bits per heavy atom. The predicted molar refractivity (Wildman–Crippen MR) is 222 cm³/mol. The van der Waals surface area contributed by atoms with E-state index in [0.717, 1.165) is 22.3 Å². The third kappa shape index (κ3) is 5.39. The van der Waals surface area contributed by atoms with E-state index in [9.17, 15) is 10.5 Å². The Bertz CT molecular complexity index is 3180. The summed E-state index contributed by atoms with van der Waals surface area (Å²) in [5.41, 5.74) is 7.80. The van der Waals surface area contributed by atoms with Crippen LogP contribution in [-0.2, 0) is 0 Å². The van der Waals surface area contributed by atoms with E-state index in [4.69, 9.17) is 15.0 Å².